The first-order chi connectivity index (χ1) is 12.6. The summed E-state index contributed by atoms with van der Waals surface area (Å²) in [6.45, 7) is 2.91. The lowest BCUT2D eigenvalue weighted by Crippen LogP contribution is -2.24. The summed E-state index contributed by atoms with van der Waals surface area (Å²) in [6.07, 6.45) is 2.64. The standard InChI is InChI=1S/C20H22FN3O2/c1-2-3-4-5-6-12-26-16-9-7-8-15(13-16)14-23-20(25)17-10-11-18(21)24-19(17)22/h7-11,13H,2-3,6,12,14H2,1H3,(H2,22,24)(H,23,25). The van der Waals surface area contributed by atoms with Gasteiger partial charge in [-0.3, -0.25) is 4.79 Å². The number of nitrogen functional groups attached to an aromatic ring is 1. The number of amides is 1. The molecule has 2 aromatic rings. The summed E-state index contributed by atoms with van der Waals surface area (Å²) >= 11 is 0. The first-order valence-corrected chi connectivity index (χ1v) is 8.48. The lowest BCUT2D eigenvalue weighted by atomic mass is 10.2. The summed E-state index contributed by atoms with van der Waals surface area (Å²) < 4.78 is 18.6. The second-order valence-electron chi connectivity index (χ2n) is 5.60. The van der Waals surface area contributed by atoms with Crippen LogP contribution in [-0.4, -0.2) is 17.5 Å². The van der Waals surface area contributed by atoms with E-state index in [2.05, 4.69) is 29.1 Å². The molecule has 0 saturated carbocycles. The lowest BCUT2D eigenvalue weighted by Gasteiger charge is -2.09. The average molecular weight is 355 g/mol. The molecular formula is C20H22FN3O2. The van der Waals surface area contributed by atoms with E-state index in [-0.39, 0.29) is 11.4 Å². The molecule has 0 bridgehead atoms. The smallest absolute Gasteiger partial charge is 0.255 e. The van der Waals surface area contributed by atoms with Crippen LogP contribution >= 0.6 is 0 Å². The van der Waals surface area contributed by atoms with Crippen LogP contribution in [0.5, 0.6) is 5.75 Å². The van der Waals surface area contributed by atoms with Crippen molar-refractivity contribution in [3.8, 4) is 17.6 Å². The van der Waals surface area contributed by atoms with Gasteiger partial charge in [0.05, 0.1) is 12.2 Å². The molecule has 1 aromatic heterocycles. The van der Waals surface area contributed by atoms with Crippen molar-refractivity contribution in [2.75, 3.05) is 12.3 Å². The molecule has 0 aliphatic rings. The van der Waals surface area contributed by atoms with Crippen molar-refractivity contribution in [2.24, 2.45) is 0 Å². The number of nitrogens with zero attached hydrogens (tertiary/aromatic N) is 1. The zero-order valence-electron chi connectivity index (χ0n) is 14.7. The number of nitrogens with two attached hydrogens (primary N) is 1. The lowest BCUT2D eigenvalue weighted by molar-refractivity contribution is 0.0951. The summed E-state index contributed by atoms with van der Waals surface area (Å²) in [4.78, 5) is 15.6. The van der Waals surface area contributed by atoms with Crippen LogP contribution in [0, 0.1) is 17.8 Å². The van der Waals surface area contributed by atoms with Gasteiger partial charge in [0.25, 0.3) is 5.91 Å². The van der Waals surface area contributed by atoms with E-state index < -0.39 is 11.9 Å². The quantitative estimate of drug-likeness (QED) is 0.454. The van der Waals surface area contributed by atoms with Crippen LogP contribution in [0.15, 0.2) is 36.4 Å². The average Bonchev–Trinajstić information content (AvgIpc) is 2.63. The SMILES string of the molecule is CCCC#CCCOc1cccc(CNC(=O)c2ccc(F)nc2N)c1. The van der Waals surface area contributed by atoms with E-state index >= 15 is 0 Å². The molecule has 0 fully saturated rings. The number of unbranched alkanes of at least 4 members (excludes halogenated alkanes) is 1. The second kappa shape index (κ2) is 10.0. The predicted molar refractivity (Wildman–Crippen MR) is 99.0 cm³/mol. The molecule has 2 rings (SSSR count). The first kappa shape index (κ1) is 19.3. The molecule has 3 N–H and O–H groups in total. The largest absolute Gasteiger partial charge is 0.493 e. The molecule has 0 spiro atoms. The third-order valence-electron chi connectivity index (χ3n) is 3.48. The van der Waals surface area contributed by atoms with Crippen molar-refractivity contribution in [3.63, 3.8) is 0 Å². The number of hydrogen-bond donors (Lipinski definition) is 2. The fourth-order valence-electron chi connectivity index (χ4n) is 2.19. The molecule has 0 unspecified atom stereocenters. The Morgan fingerprint density at radius 3 is 2.85 bits per heavy atom. The maximum atomic E-state index is 12.9. The number of pyridine rings is 1. The van der Waals surface area contributed by atoms with Gasteiger partial charge in [0.2, 0.25) is 5.95 Å². The number of halogens is 1. The van der Waals surface area contributed by atoms with Gasteiger partial charge in [-0.1, -0.05) is 25.0 Å². The van der Waals surface area contributed by atoms with Crippen LogP contribution in [-0.2, 0) is 6.54 Å². The summed E-state index contributed by atoms with van der Waals surface area (Å²) in [5, 5.41) is 2.73. The summed E-state index contributed by atoms with van der Waals surface area (Å²) in [5.74, 6) is 5.59. The monoisotopic (exact) mass is 355 g/mol. The Balaban J connectivity index is 1.86. The molecule has 0 aliphatic heterocycles. The fraction of sp³-hybridized carbons (Fsp3) is 0.300. The number of nitrogens with one attached hydrogen (secondary N) is 1. The van der Waals surface area contributed by atoms with Crippen molar-refractivity contribution in [3.05, 3.63) is 53.5 Å². The third kappa shape index (κ3) is 6.10. The van der Waals surface area contributed by atoms with Gasteiger partial charge in [-0.25, -0.2) is 4.98 Å². The minimum atomic E-state index is -0.719. The van der Waals surface area contributed by atoms with E-state index in [1.807, 2.05) is 24.3 Å². The number of carbonyl (C=O) groups excluding carboxylic acids is 1. The third-order valence-corrected chi connectivity index (χ3v) is 3.48. The van der Waals surface area contributed by atoms with Gasteiger partial charge < -0.3 is 15.8 Å². The topological polar surface area (TPSA) is 77.2 Å². The van der Waals surface area contributed by atoms with E-state index in [4.69, 9.17) is 10.5 Å². The van der Waals surface area contributed by atoms with Crippen LogP contribution in [0.2, 0.25) is 0 Å². The number of anilines is 1. The maximum Gasteiger partial charge on any atom is 0.255 e. The van der Waals surface area contributed by atoms with E-state index in [0.29, 0.717) is 19.6 Å². The van der Waals surface area contributed by atoms with Gasteiger partial charge in [0.1, 0.15) is 11.6 Å². The number of carbonyl (C=O) groups is 1. The van der Waals surface area contributed by atoms with E-state index in [9.17, 15) is 9.18 Å². The van der Waals surface area contributed by atoms with Crippen molar-refractivity contribution in [1.29, 1.82) is 0 Å². The Morgan fingerprint density at radius 1 is 1.27 bits per heavy atom. The normalized spacial score (nSPS) is 9.92. The summed E-state index contributed by atoms with van der Waals surface area (Å²) in [6, 6.07) is 9.85. The van der Waals surface area contributed by atoms with Crippen molar-refractivity contribution < 1.29 is 13.9 Å². The van der Waals surface area contributed by atoms with Gasteiger partial charge in [-0.05, 0) is 36.2 Å². The molecule has 136 valence electrons. The Bertz CT molecular complexity index is 812. The highest BCUT2D eigenvalue weighted by Gasteiger charge is 2.11. The highest BCUT2D eigenvalue weighted by molar-refractivity contribution is 5.98. The first-order valence-electron chi connectivity index (χ1n) is 8.48. The van der Waals surface area contributed by atoms with Crippen molar-refractivity contribution in [2.45, 2.75) is 32.7 Å². The van der Waals surface area contributed by atoms with Gasteiger partial charge in [-0.2, -0.15) is 4.39 Å². The van der Waals surface area contributed by atoms with Gasteiger partial charge in [0.15, 0.2) is 0 Å². The highest BCUT2D eigenvalue weighted by atomic mass is 19.1. The molecule has 1 aromatic carbocycles. The summed E-state index contributed by atoms with van der Waals surface area (Å²) in [5.41, 5.74) is 6.59. The van der Waals surface area contributed by atoms with Gasteiger partial charge >= 0.3 is 0 Å². The van der Waals surface area contributed by atoms with Crippen LogP contribution in [0.4, 0.5) is 10.2 Å². The molecule has 0 atom stereocenters. The minimum absolute atomic E-state index is 0.135. The predicted octanol–water partition coefficient (Wildman–Crippen LogP) is 3.31. The number of ether oxygens (including phenoxy) is 1. The summed E-state index contributed by atoms with van der Waals surface area (Å²) in [7, 11) is 0. The van der Waals surface area contributed by atoms with Crippen LogP contribution in [0.25, 0.3) is 0 Å². The zero-order valence-corrected chi connectivity index (χ0v) is 14.7. The molecule has 0 saturated heterocycles. The number of benzene rings is 1. The zero-order chi connectivity index (χ0) is 18.8. The van der Waals surface area contributed by atoms with Gasteiger partial charge in [-0.15, -0.1) is 5.92 Å². The molecule has 5 nitrogen and oxygen atoms in total. The number of hydrogen-bond acceptors (Lipinski definition) is 4. The molecule has 26 heavy (non-hydrogen) atoms. The second-order valence-corrected chi connectivity index (χ2v) is 5.60. The Labute approximate surface area is 152 Å². The van der Waals surface area contributed by atoms with Crippen molar-refractivity contribution >= 4 is 11.7 Å². The Hall–Kier alpha value is -3.07. The molecular weight excluding hydrogens is 333 g/mol. The van der Waals surface area contributed by atoms with Crippen LogP contribution in [0.1, 0.15) is 42.1 Å². The molecule has 1 amide bonds. The van der Waals surface area contributed by atoms with E-state index in [1.54, 1.807) is 0 Å². The number of aromatic nitrogens is 1. The maximum absolute atomic E-state index is 12.9. The van der Waals surface area contributed by atoms with E-state index in [0.717, 1.165) is 30.2 Å². The van der Waals surface area contributed by atoms with E-state index in [1.165, 1.54) is 6.07 Å². The van der Waals surface area contributed by atoms with Crippen LogP contribution in [0.3, 0.4) is 0 Å². The molecule has 1 heterocycles. The highest BCUT2D eigenvalue weighted by Crippen LogP contribution is 2.14. The Morgan fingerprint density at radius 2 is 2.08 bits per heavy atom. The fourth-order valence-corrected chi connectivity index (χ4v) is 2.19. The Kier molecular flexibility index (Phi) is 7.44. The van der Waals surface area contributed by atoms with Crippen LogP contribution < -0.4 is 15.8 Å². The van der Waals surface area contributed by atoms with Crippen molar-refractivity contribution in [1.82, 2.24) is 10.3 Å². The van der Waals surface area contributed by atoms with Gasteiger partial charge in [0, 0.05) is 19.4 Å². The number of rotatable bonds is 7. The molecule has 6 heteroatoms. The minimum Gasteiger partial charge on any atom is -0.493 e. The molecule has 0 radical (unpaired) electrons. The molecule has 0 aliphatic carbocycles.